The van der Waals surface area contributed by atoms with Crippen molar-refractivity contribution in [3.63, 3.8) is 0 Å². The number of imidazole rings is 1. The van der Waals surface area contributed by atoms with E-state index in [1.165, 1.54) is 32.1 Å². The largest absolute Gasteiger partial charge is 0.399 e. The van der Waals surface area contributed by atoms with Gasteiger partial charge in [0.25, 0.3) is 0 Å². The number of anilines is 2. The van der Waals surface area contributed by atoms with Crippen LogP contribution in [-0.2, 0) is 0 Å². The Bertz CT molecular complexity index is 518. The van der Waals surface area contributed by atoms with Crippen LogP contribution in [0.4, 0.5) is 11.6 Å². The molecule has 0 aliphatic rings. The van der Waals surface area contributed by atoms with Crippen molar-refractivity contribution in [3.05, 3.63) is 18.2 Å². The lowest BCUT2D eigenvalue weighted by Crippen LogP contribution is -2.15. The van der Waals surface area contributed by atoms with E-state index in [1.807, 2.05) is 18.2 Å². The predicted octanol–water partition coefficient (Wildman–Crippen LogP) is 3.92. The molecule has 2 aromatic rings. The summed E-state index contributed by atoms with van der Waals surface area (Å²) in [5.41, 5.74) is 8.46. The van der Waals surface area contributed by atoms with Crippen LogP contribution >= 0.6 is 0 Å². The number of hydrogen-bond donors (Lipinski definition) is 3. The van der Waals surface area contributed by atoms with Crippen LogP contribution in [0.15, 0.2) is 18.2 Å². The number of nitrogens with one attached hydrogen (secondary N) is 2. The summed E-state index contributed by atoms with van der Waals surface area (Å²) in [5.74, 6) is 0.837. The summed E-state index contributed by atoms with van der Waals surface area (Å²) < 4.78 is 0. The number of aromatic nitrogens is 2. The molecule has 4 nitrogen and oxygen atoms in total. The first kappa shape index (κ1) is 13.7. The standard InChI is InChI=1S/C15H24N4/c1-3-4-5-6-7-11(2)17-15-18-13-9-8-12(16)10-14(13)19-15/h8-11H,3-7,16H2,1-2H3,(H2,17,18,19). The van der Waals surface area contributed by atoms with Crippen molar-refractivity contribution in [2.45, 2.75) is 52.0 Å². The fourth-order valence-corrected chi connectivity index (χ4v) is 2.28. The quantitative estimate of drug-likeness (QED) is 0.522. The lowest BCUT2D eigenvalue weighted by atomic mass is 10.1. The first-order valence-electron chi connectivity index (χ1n) is 7.21. The van der Waals surface area contributed by atoms with Crippen molar-refractivity contribution in [1.82, 2.24) is 9.97 Å². The van der Waals surface area contributed by atoms with E-state index in [9.17, 15) is 0 Å². The third kappa shape index (κ3) is 3.88. The van der Waals surface area contributed by atoms with Crippen molar-refractivity contribution in [1.29, 1.82) is 0 Å². The van der Waals surface area contributed by atoms with E-state index in [0.29, 0.717) is 6.04 Å². The first-order chi connectivity index (χ1) is 9.19. The molecule has 0 radical (unpaired) electrons. The average Bonchev–Trinajstić information content (AvgIpc) is 2.76. The second kappa shape index (κ2) is 6.45. The SMILES string of the molecule is CCCCCCC(C)Nc1nc2ccc(N)cc2[nH]1. The van der Waals surface area contributed by atoms with E-state index in [2.05, 4.69) is 29.1 Å². The Balaban J connectivity index is 1.89. The lowest BCUT2D eigenvalue weighted by Gasteiger charge is -2.12. The second-order valence-electron chi connectivity index (χ2n) is 5.26. The summed E-state index contributed by atoms with van der Waals surface area (Å²) in [6.07, 6.45) is 6.39. The number of rotatable bonds is 7. The van der Waals surface area contributed by atoms with Crippen molar-refractivity contribution >= 4 is 22.7 Å². The summed E-state index contributed by atoms with van der Waals surface area (Å²) >= 11 is 0. The number of H-pyrrole nitrogens is 1. The van der Waals surface area contributed by atoms with Crippen LogP contribution < -0.4 is 11.1 Å². The number of fused-ring (bicyclic) bond motifs is 1. The van der Waals surface area contributed by atoms with E-state index in [0.717, 1.165) is 22.7 Å². The van der Waals surface area contributed by atoms with Crippen LogP contribution in [0.5, 0.6) is 0 Å². The Labute approximate surface area is 114 Å². The molecule has 0 fully saturated rings. The van der Waals surface area contributed by atoms with Crippen LogP contribution in [0.2, 0.25) is 0 Å². The number of nitrogens with zero attached hydrogens (tertiary/aromatic N) is 1. The molecule has 1 unspecified atom stereocenters. The van der Waals surface area contributed by atoms with Crippen LogP contribution in [0.25, 0.3) is 11.0 Å². The molecular weight excluding hydrogens is 236 g/mol. The number of nitrogens with two attached hydrogens (primary N) is 1. The van der Waals surface area contributed by atoms with Crippen molar-refractivity contribution in [2.75, 3.05) is 11.1 Å². The van der Waals surface area contributed by atoms with Gasteiger partial charge in [-0.3, -0.25) is 0 Å². The molecule has 0 amide bonds. The number of aromatic amines is 1. The summed E-state index contributed by atoms with van der Waals surface area (Å²) in [7, 11) is 0. The minimum absolute atomic E-state index is 0.440. The highest BCUT2D eigenvalue weighted by Crippen LogP contribution is 2.18. The minimum atomic E-state index is 0.440. The number of hydrogen-bond acceptors (Lipinski definition) is 3. The van der Waals surface area contributed by atoms with Crippen molar-refractivity contribution in [2.24, 2.45) is 0 Å². The van der Waals surface area contributed by atoms with E-state index >= 15 is 0 Å². The summed E-state index contributed by atoms with van der Waals surface area (Å²) in [6.45, 7) is 4.44. The predicted molar refractivity (Wildman–Crippen MR) is 82.3 cm³/mol. The molecule has 19 heavy (non-hydrogen) atoms. The molecule has 0 saturated carbocycles. The zero-order valence-electron chi connectivity index (χ0n) is 11.9. The van der Waals surface area contributed by atoms with Gasteiger partial charge in [0.2, 0.25) is 5.95 Å². The van der Waals surface area contributed by atoms with Gasteiger partial charge in [0.1, 0.15) is 0 Å². The summed E-state index contributed by atoms with van der Waals surface area (Å²) in [4.78, 5) is 7.78. The molecule has 0 aliphatic heterocycles. The van der Waals surface area contributed by atoms with Crippen molar-refractivity contribution in [3.8, 4) is 0 Å². The first-order valence-corrected chi connectivity index (χ1v) is 7.21. The van der Waals surface area contributed by atoms with Crippen LogP contribution in [-0.4, -0.2) is 16.0 Å². The number of unbranched alkanes of at least 4 members (excludes halogenated alkanes) is 3. The monoisotopic (exact) mass is 260 g/mol. The molecule has 2 rings (SSSR count). The highest BCUT2D eigenvalue weighted by Gasteiger charge is 2.06. The highest BCUT2D eigenvalue weighted by molar-refractivity contribution is 5.80. The zero-order valence-corrected chi connectivity index (χ0v) is 11.9. The fraction of sp³-hybridized carbons (Fsp3) is 0.533. The molecule has 0 spiro atoms. The Morgan fingerprint density at radius 3 is 2.95 bits per heavy atom. The average molecular weight is 260 g/mol. The lowest BCUT2D eigenvalue weighted by molar-refractivity contribution is 0.592. The van der Waals surface area contributed by atoms with Gasteiger partial charge in [-0.25, -0.2) is 4.98 Å². The Hall–Kier alpha value is -1.71. The molecule has 1 aromatic carbocycles. The molecule has 1 aromatic heterocycles. The molecule has 0 saturated heterocycles. The number of benzene rings is 1. The molecule has 1 heterocycles. The van der Waals surface area contributed by atoms with Gasteiger partial charge in [0, 0.05) is 11.7 Å². The third-order valence-electron chi connectivity index (χ3n) is 3.38. The molecular formula is C15H24N4. The molecule has 0 bridgehead atoms. The normalized spacial score (nSPS) is 12.7. The molecule has 4 N–H and O–H groups in total. The van der Waals surface area contributed by atoms with Gasteiger partial charge >= 0.3 is 0 Å². The van der Waals surface area contributed by atoms with Gasteiger partial charge in [0.15, 0.2) is 0 Å². The van der Waals surface area contributed by atoms with Gasteiger partial charge in [-0.15, -0.1) is 0 Å². The van der Waals surface area contributed by atoms with Gasteiger partial charge in [-0.2, -0.15) is 0 Å². The van der Waals surface area contributed by atoms with Gasteiger partial charge < -0.3 is 16.0 Å². The number of nitrogen functional groups attached to an aromatic ring is 1. The Kier molecular flexibility index (Phi) is 4.66. The maximum Gasteiger partial charge on any atom is 0.201 e. The van der Waals surface area contributed by atoms with E-state index in [1.54, 1.807) is 0 Å². The van der Waals surface area contributed by atoms with E-state index in [-0.39, 0.29) is 0 Å². The fourth-order valence-electron chi connectivity index (χ4n) is 2.28. The molecule has 0 aliphatic carbocycles. The maximum absolute atomic E-state index is 5.76. The summed E-state index contributed by atoms with van der Waals surface area (Å²) in [6, 6.07) is 6.17. The van der Waals surface area contributed by atoms with Gasteiger partial charge in [-0.1, -0.05) is 32.6 Å². The van der Waals surface area contributed by atoms with Crippen LogP contribution in [0.3, 0.4) is 0 Å². The molecule has 1 atom stereocenters. The zero-order chi connectivity index (χ0) is 13.7. The van der Waals surface area contributed by atoms with Crippen molar-refractivity contribution < 1.29 is 0 Å². The molecule has 4 heteroatoms. The van der Waals surface area contributed by atoms with Gasteiger partial charge in [0.05, 0.1) is 11.0 Å². The maximum atomic E-state index is 5.76. The topological polar surface area (TPSA) is 66.7 Å². The highest BCUT2D eigenvalue weighted by atomic mass is 15.1. The van der Waals surface area contributed by atoms with E-state index < -0.39 is 0 Å². The Morgan fingerprint density at radius 1 is 1.32 bits per heavy atom. The smallest absolute Gasteiger partial charge is 0.201 e. The Morgan fingerprint density at radius 2 is 2.16 bits per heavy atom. The summed E-state index contributed by atoms with van der Waals surface area (Å²) in [5, 5.41) is 3.42. The van der Waals surface area contributed by atoms with Crippen LogP contribution in [0, 0.1) is 0 Å². The third-order valence-corrected chi connectivity index (χ3v) is 3.38. The minimum Gasteiger partial charge on any atom is -0.399 e. The van der Waals surface area contributed by atoms with Crippen LogP contribution in [0.1, 0.15) is 46.0 Å². The second-order valence-corrected chi connectivity index (χ2v) is 5.26. The molecule has 104 valence electrons. The van der Waals surface area contributed by atoms with E-state index in [4.69, 9.17) is 5.73 Å². The van der Waals surface area contributed by atoms with Gasteiger partial charge in [-0.05, 0) is 31.5 Å².